The molecular formula is C16H17Cl2NO2. The van der Waals surface area contributed by atoms with E-state index in [1.54, 1.807) is 20.3 Å². The van der Waals surface area contributed by atoms with Crippen molar-refractivity contribution in [3.63, 3.8) is 0 Å². The number of halogens is 2. The molecule has 112 valence electrons. The van der Waals surface area contributed by atoms with Gasteiger partial charge < -0.3 is 14.8 Å². The zero-order valence-electron chi connectivity index (χ0n) is 12.1. The maximum Gasteiger partial charge on any atom is 0.162 e. The molecule has 2 rings (SSSR count). The fourth-order valence-corrected chi connectivity index (χ4v) is 2.68. The van der Waals surface area contributed by atoms with Gasteiger partial charge in [0.1, 0.15) is 0 Å². The van der Waals surface area contributed by atoms with Gasteiger partial charge in [0.05, 0.1) is 14.2 Å². The zero-order chi connectivity index (χ0) is 15.4. The predicted octanol–water partition coefficient (Wildman–Crippen LogP) is 5.18. The Morgan fingerprint density at radius 2 is 1.67 bits per heavy atom. The lowest BCUT2D eigenvalue weighted by Crippen LogP contribution is -2.07. The number of hydrogen-bond acceptors (Lipinski definition) is 3. The van der Waals surface area contributed by atoms with E-state index >= 15 is 0 Å². The summed E-state index contributed by atoms with van der Waals surface area (Å²) in [5.41, 5.74) is 1.90. The summed E-state index contributed by atoms with van der Waals surface area (Å²) in [6.07, 6.45) is 0. The van der Waals surface area contributed by atoms with Gasteiger partial charge in [-0.05, 0) is 36.8 Å². The highest BCUT2D eigenvalue weighted by Crippen LogP contribution is 2.33. The van der Waals surface area contributed by atoms with Crippen LogP contribution in [0.2, 0.25) is 10.0 Å². The lowest BCUT2D eigenvalue weighted by molar-refractivity contribution is 0.355. The molecule has 0 aliphatic rings. The van der Waals surface area contributed by atoms with E-state index in [9.17, 15) is 0 Å². The van der Waals surface area contributed by atoms with Crippen LogP contribution < -0.4 is 14.8 Å². The van der Waals surface area contributed by atoms with E-state index in [-0.39, 0.29) is 6.04 Å². The minimum absolute atomic E-state index is 0.0351. The van der Waals surface area contributed by atoms with Gasteiger partial charge in [-0.1, -0.05) is 29.3 Å². The number of nitrogens with one attached hydrogen (secondary N) is 1. The second kappa shape index (κ2) is 6.92. The van der Waals surface area contributed by atoms with Gasteiger partial charge in [-0.15, -0.1) is 0 Å². The smallest absolute Gasteiger partial charge is 0.162 e. The van der Waals surface area contributed by atoms with Gasteiger partial charge in [0, 0.05) is 27.8 Å². The summed E-state index contributed by atoms with van der Waals surface area (Å²) in [5, 5.41) is 4.65. The fourth-order valence-electron chi connectivity index (χ4n) is 2.11. The minimum Gasteiger partial charge on any atom is -0.493 e. The van der Waals surface area contributed by atoms with E-state index in [1.807, 2.05) is 37.3 Å². The first kappa shape index (κ1) is 15.8. The van der Waals surface area contributed by atoms with E-state index in [4.69, 9.17) is 32.7 Å². The number of benzene rings is 2. The summed E-state index contributed by atoms with van der Waals surface area (Å²) in [6, 6.07) is 11.2. The lowest BCUT2D eigenvalue weighted by Gasteiger charge is -2.18. The molecule has 2 aromatic carbocycles. The average Bonchev–Trinajstić information content (AvgIpc) is 2.46. The quantitative estimate of drug-likeness (QED) is 0.821. The zero-order valence-corrected chi connectivity index (χ0v) is 13.6. The van der Waals surface area contributed by atoms with Crippen LogP contribution in [0, 0.1) is 0 Å². The molecular weight excluding hydrogens is 309 g/mol. The molecule has 5 heteroatoms. The maximum atomic E-state index is 6.23. The predicted molar refractivity (Wildman–Crippen MR) is 88.0 cm³/mol. The minimum atomic E-state index is 0.0351. The Bertz CT molecular complexity index is 632. The first-order chi connectivity index (χ1) is 10.0. The van der Waals surface area contributed by atoms with Gasteiger partial charge in [-0.2, -0.15) is 0 Å². The second-order valence-corrected chi connectivity index (χ2v) is 5.45. The largest absolute Gasteiger partial charge is 0.493 e. The maximum absolute atomic E-state index is 6.23. The number of ether oxygens (including phenoxy) is 2. The Kier molecular flexibility index (Phi) is 5.21. The molecule has 0 bridgehead atoms. The van der Waals surface area contributed by atoms with Gasteiger partial charge in [-0.25, -0.2) is 0 Å². The SMILES string of the molecule is COc1ccc(NC(C)c2ccc(Cl)cc2Cl)cc1OC. The Morgan fingerprint density at radius 1 is 0.952 bits per heavy atom. The van der Waals surface area contributed by atoms with Crippen molar-refractivity contribution in [1.82, 2.24) is 0 Å². The molecule has 1 atom stereocenters. The van der Waals surface area contributed by atoms with Crippen molar-refractivity contribution in [1.29, 1.82) is 0 Å². The van der Waals surface area contributed by atoms with Crippen molar-refractivity contribution in [2.45, 2.75) is 13.0 Å². The topological polar surface area (TPSA) is 30.5 Å². The van der Waals surface area contributed by atoms with Crippen molar-refractivity contribution in [2.75, 3.05) is 19.5 Å². The van der Waals surface area contributed by atoms with Crippen LogP contribution >= 0.6 is 23.2 Å². The second-order valence-electron chi connectivity index (χ2n) is 4.60. The fraction of sp³-hybridized carbons (Fsp3) is 0.250. The van der Waals surface area contributed by atoms with Gasteiger partial charge in [0.15, 0.2) is 11.5 Å². The van der Waals surface area contributed by atoms with Crippen LogP contribution in [0.3, 0.4) is 0 Å². The molecule has 0 fully saturated rings. The number of anilines is 1. The van der Waals surface area contributed by atoms with E-state index < -0.39 is 0 Å². The summed E-state index contributed by atoms with van der Waals surface area (Å²) in [6.45, 7) is 2.03. The van der Waals surface area contributed by atoms with Gasteiger partial charge in [-0.3, -0.25) is 0 Å². The van der Waals surface area contributed by atoms with Crippen LogP contribution in [0.25, 0.3) is 0 Å². The normalized spacial score (nSPS) is 11.9. The molecule has 0 saturated carbocycles. The van der Waals surface area contributed by atoms with Crippen LogP contribution in [0.4, 0.5) is 5.69 Å². The molecule has 1 N–H and O–H groups in total. The van der Waals surface area contributed by atoms with Crippen molar-refractivity contribution in [2.24, 2.45) is 0 Å². The average molecular weight is 326 g/mol. The third-order valence-electron chi connectivity index (χ3n) is 3.20. The highest BCUT2D eigenvalue weighted by molar-refractivity contribution is 6.35. The summed E-state index contributed by atoms with van der Waals surface area (Å²) >= 11 is 12.1. The summed E-state index contributed by atoms with van der Waals surface area (Å²) in [5.74, 6) is 1.37. The molecule has 2 aromatic rings. The number of rotatable bonds is 5. The third kappa shape index (κ3) is 3.74. The Morgan fingerprint density at radius 3 is 2.29 bits per heavy atom. The Labute approximate surface area is 134 Å². The summed E-state index contributed by atoms with van der Waals surface area (Å²) in [7, 11) is 3.22. The molecule has 0 aliphatic heterocycles. The summed E-state index contributed by atoms with van der Waals surface area (Å²) in [4.78, 5) is 0. The van der Waals surface area contributed by atoms with Crippen molar-refractivity contribution in [3.8, 4) is 11.5 Å². The molecule has 0 radical (unpaired) electrons. The molecule has 3 nitrogen and oxygen atoms in total. The van der Waals surface area contributed by atoms with Gasteiger partial charge >= 0.3 is 0 Å². The van der Waals surface area contributed by atoms with E-state index in [1.165, 1.54) is 0 Å². The van der Waals surface area contributed by atoms with Crippen molar-refractivity contribution < 1.29 is 9.47 Å². The lowest BCUT2D eigenvalue weighted by atomic mass is 10.1. The number of hydrogen-bond donors (Lipinski definition) is 1. The van der Waals surface area contributed by atoms with E-state index in [0.29, 0.717) is 21.5 Å². The van der Waals surface area contributed by atoms with Crippen LogP contribution in [0.1, 0.15) is 18.5 Å². The van der Waals surface area contributed by atoms with Crippen LogP contribution in [-0.4, -0.2) is 14.2 Å². The third-order valence-corrected chi connectivity index (χ3v) is 3.76. The standard InChI is InChI=1S/C16H17Cl2NO2/c1-10(13-6-4-11(17)8-14(13)18)19-12-5-7-15(20-2)16(9-12)21-3/h4-10,19H,1-3H3. The van der Waals surface area contributed by atoms with Crippen molar-refractivity contribution in [3.05, 3.63) is 52.0 Å². The van der Waals surface area contributed by atoms with Gasteiger partial charge in [0.25, 0.3) is 0 Å². The molecule has 0 heterocycles. The van der Waals surface area contributed by atoms with Crippen LogP contribution in [0.15, 0.2) is 36.4 Å². The highest BCUT2D eigenvalue weighted by Gasteiger charge is 2.11. The molecule has 1 unspecified atom stereocenters. The molecule has 0 saturated heterocycles. The van der Waals surface area contributed by atoms with E-state index in [0.717, 1.165) is 11.3 Å². The monoisotopic (exact) mass is 325 g/mol. The number of methoxy groups -OCH3 is 2. The molecule has 0 spiro atoms. The van der Waals surface area contributed by atoms with Gasteiger partial charge in [0.2, 0.25) is 0 Å². The van der Waals surface area contributed by atoms with E-state index in [2.05, 4.69) is 5.32 Å². The molecule has 0 aliphatic carbocycles. The highest BCUT2D eigenvalue weighted by atomic mass is 35.5. The van der Waals surface area contributed by atoms with Crippen molar-refractivity contribution >= 4 is 28.9 Å². The Balaban J connectivity index is 2.21. The first-order valence-corrected chi connectivity index (χ1v) is 7.24. The molecule has 0 amide bonds. The van der Waals surface area contributed by atoms with Crippen LogP contribution in [0.5, 0.6) is 11.5 Å². The first-order valence-electron chi connectivity index (χ1n) is 6.48. The Hall–Kier alpha value is -1.58. The molecule has 0 aromatic heterocycles. The summed E-state index contributed by atoms with van der Waals surface area (Å²) < 4.78 is 10.5. The van der Waals surface area contributed by atoms with Crippen LogP contribution in [-0.2, 0) is 0 Å². The molecule has 21 heavy (non-hydrogen) atoms.